The van der Waals surface area contributed by atoms with Crippen molar-refractivity contribution in [2.75, 3.05) is 0 Å². The molecule has 5 aromatic rings. The molecule has 175 valence electrons. The predicted octanol–water partition coefficient (Wildman–Crippen LogP) is 7.49. The van der Waals surface area contributed by atoms with Gasteiger partial charge in [0, 0.05) is 36.6 Å². The van der Waals surface area contributed by atoms with E-state index in [-0.39, 0.29) is 31.4 Å². The van der Waals surface area contributed by atoms with Crippen LogP contribution in [0.1, 0.15) is 15.2 Å². The molecule has 0 aliphatic carbocycles. The summed E-state index contributed by atoms with van der Waals surface area (Å²) in [6, 6.07) is 36.4. The Labute approximate surface area is 229 Å². The van der Waals surface area contributed by atoms with Crippen LogP contribution < -0.4 is 0 Å². The summed E-state index contributed by atoms with van der Waals surface area (Å²) in [5.74, 6) is 0. The van der Waals surface area contributed by atoms with Crippen LogP contribution in [-0.2, 0) is 20.1 Å². The van der Waals surface area contributed by atoms with Gasteiger partial charge >= 0.3 is 0 Å². The van der Waals surface area contributed by atoms with Crippen molar-refractivity contribution >= 4 is 5.69 Å². The van der Waals surface area contributed by atoms with Gasteiger partial charge in [0.05, 0.1) is 12.6 Å². The van der Waals surface area contributed by atoms with Gasteiger partial charge in [-0.15, -0.1) is 59.7 Å². The Morgan fingerprint density at radius 1 is 0.889 bits per heavy atom. The third kappa shape index (κ3) is 6.81. The molecule has 5 rings (SSSR count). The molecule has 0 atom stereocenters. The zero-order chi connectivity index (χ0) is 27.0. The molecule has 0 N–H and O–H groups in total. The number of benzene rings is 3. The third-order valence-corrected chi connectivity index (χ3v) is 5.00. The Hall–Kier alpha value is -4.41. The maximum atomic E-state index is 8.92. The predicted molar refractivity (Wildman–Crippen MR) is 138 cm³/mol. The molecule has 5 heteroatoms. The van der Waals surface area contributed by atoms with Crippen LogP contribution in [0.3, 0.4) is 0 Å². The zero-order valence-corrected chi connectivity index (χ0v) is 21.3. The summed E-state index contributed by atoms with van der Waals surface area (Å²) >= 11 is 0. The van der Waals surface area contributed by atoms with Crippen LogP contribution in [0.5, 0.6) is 0 Å². The van der Waals surface area contributed by atoms with E-state index in [2.05, 4.69) is 45.1 Å². The van der Waals surface area contributed by atoms with Crippen LogP contribution in [0.25, 0.3) is 38.5 Å². The SMILES string of the molecule is [2H]C([2H])([2H])c1ccc(-c2[c-]c([N+]#[C-])cc(C#N)c2)nc1.[Ir].[c-]1ccccc1-c1cc(-c2ccccc2)ccn1. The Morgan fingerprint density at radius 2 is 1.72 bits per heavy atom. The van der Waals surface area contributed by atoms with E-state index >= 15 is 0 Å². The van der Waals surface area contributed by atoms with E-state index in [1.165, 1.54) is 29.5 Å². The Bertz CT molecular complexity index is 1520. The van der Waals surface area contributed by atoms with Gasteiger partial charge in [-0.25, -0.2) is 0 Å². The van der Waals surface area contributed by atoms with Gasteiger partial charge in [0.1, 0.15) is 5.69 Å². The molecule has 2 heterocycles. The van der Waals surface area contributed by atoms with Crippen molar-refractivity contribution in [3.8, 4) is 39.7 Å². The zero-order valence-electron chi connectivity index (χ0n) is 21.9. The molecule has 0 amide bonds. The monoisotopic (exact) mass is 644 g/mol. The van der Waals surface area contributed by atoms with Gasteiger partial charge in [-0.1, -0.05) is 48.5 Å². The molecule has 0 saturated heterocycles. The minimum absolute atomic E-state index is 0. The largest absolute Gasteiger partial charge is 0.305 e. The number of aryl methyl sites for hydroxylation is 1. The normalized spacial score (nSPS) is 11.1. The molecule has 36 heavy (non-hydrogen) atoms. The molecular formula is C31H20IrN4-2. The summed E-state index contributed by atoms with van der Waals surface area (Å²) in [6.07, 6.45) is 3.12. The van der Waals surface area contributed by atoms with Gasteiger partial charge in [0.25, 0.3) is 0 Å². The first-order valence-corrected chi connectivity index (χ1v) is 10.7. The summed E-state index contributed by atoms with van der Waals surface area (Å²) in [4.78, 5) is 11.7. The molecule has 0 saturated carbocycles. The summed E-state index contributed by atoms with van der Waals surface area (Å²) in [5.41, 5.74) is 6.03. The fourth-order valence-corrected chi connectivity index (χ4v) is 3.31. The fourth-order valence-electron chi connectivity index (χ4n) is 3.31. The smallest absolute Gasteiger partial charge is 0.107 e. The fraction of sp³-hybridized carbons (Fsp3) is 0.0323. The van der Waals surface area contributed by atoms with E-state index in [4.69, 9.17) is 15.9 Å². The van der Waals surface area contributed by atoms with Crippen molar-refractivity contribution < 1.29 is 24.2 Å². The van der Waals surface area contributed by atoms with Crippen molar-refractivity contribution in [1.29, 1.82) is 5.26 Å². The standard InChI is InChI=1S/C17H12N.C14H8N3.Ir/c1-3-7-14(8-4-1)16-11-12-18-17(13-16)15-9-5-2-6-10-15;1-10-3-4-14(17-9-10)12-5-11(8-15)6-13(7-12)16-2;/h1-9,11-13H;3-6,9H,1H3;/q2*-1;/i;1D3;. The quantitative estimate of drug-likeness (QED) is 0.192. The van der Waals surface area contributed by atoms with E-state index in [1.807, 2.05) is 60.8 Å². The number of pyridine rings is 2. The van der Waals surface area contributed by atoms with Gasteiger partial charge in [-0.3, -0.25) is 4.85 Å². The van der Waals surface area contributed by atoms with Crippen LogP contribution in [0, 0.1) is 36.9 Å². The molecule has 3 aromatic carbocycles. The van der Waals surface area contributed by atoms with Crippen LogP contribution in [-0.4, -0.2) is 9.97 Å². The molecular weight excluding hydrogens is 621 g/mol. The van der Waals surface area contributed by atoms with Gasteiger partial charge in [0.15, 0.2) is 0 Å². The number of hydrogen-bond acceptors (Lipinski definition) is 3. The minimum atomic E-state index is -2.20. The van der Waals surface area contributed by atoms with Crippen LogP contribution in [0.15, 0.2) is 103 Å². The number of nitrogens with zero attached hydrogens (tertiary/aromatic N) is 4. The average molecular weight is 644 g/mol. The topological polar surface area (TPSA) is 53.9 Å². The maximum absolute atomic E-state index is 8.92. The minimum Gasteiger partial charge on any atom is -0.305 e. The number of rotatable bonds is 3. The van der Waals surface area contributed by atoms with Gasteiger partial charge < -0.3 is 9.97 Å². The summed E-state index contributed by atoms with van der Waals surface area (Å²) < 4.78 is 21.8. The first-order chi connectivity index (χ1) is 18.4. The maximum Gasteiger partial charge on any atom is 0.107 e. The average Bonchev–Trinajstić information content (AvgIpc) is 2.98. The molecule has 4 nitrogen and oxygen atoms in total. The van der Waals surface area contributed by atoms with Crippen LogP contribution >= 0.6 is 0 Å². The number of aromatic nitrogens is 2. The van der Waals surface area contributed by atoms with E-state index < -0.39 is 6.85 Å². The van der Waals surface area contributed by atoms with E-state index in [0.717, 1.165) is 11.3 Å². The summed E-state index contributed by atoms with van der Waals surface area (Å²) in [6.45, 7) is 4.78. The first kappa shape index (κ1) is 22.1. The van der Waals surface area contributed by atoms with E-state index in [0.29, 0.717) is 16.8 Å². The Balaban J connectivity index is 0.000000211. The molecule has 0 aliphatic rings. The third-order valence-electron chi connectivity index (χ3n) is 5.00. The van der Waals surface area contributed by atoms with Crippen molar-refractivity contribution in [1.82, 2.24) is 9.97 Å². The number of nitriles is 1. The van der Waals surface area contributed by atoms with Crippen LogP contribution in [0.2, 0.25) is 0 Å². The summed E-state index contributed by atoms with van der Waals surface area (Å²) in [7, 11) is 0. The summed E-state index contributed by atoms with van der Waals surface area (Å²) in [5, 5.41) is 8.92. The second-order valence-electron chi connectivity index (χ2n) is 7.40. The molecule has 0 aliphatic heterocycles. The molecule has 1 radical (unpaired) electrons. The number of hydrogen-bond donors (Lipinski definition) is 0. The van der Waals surface area contributed by atoms with Gasteiger partial charge in [0.2, 0.25) is 0 Å². The van der Waals surface area contributed by atoms with Crippen LogP contribution in [0.4, 0.5) is 5.69 Å². The van der Waals surface area contributed by atoms with Crippen molar-refractivity contribution in [3.05, 3.63) is 138 Å². The first-order valence-electron chi connectivity index (χ1n) is 12.2. The Morgan fingerprint density at radius 3 is 2.39 bits per heavy atom. The van der Waals surface area contributed by atoms with Crippen molar-refractivity contribution in [3.63, 3.8) is 0 Å². The second-order valence-corrected chi connectivity index (χ2v) is 7.40. The molecule has 0 bridgehead atoms. The van der Waals surface area contributed by atoms with Crippen molar-refractivity contribution in [2.24, 2.45) is 0 Å². The molecule has 0 unspecified atom stereocenters. The van der Waals surface area contributed by atoms with Gasteiger partial charge in [-0.05, 0) is 46.6 Å². The van der Waals surface area contributed by atoms with E-state index in [9.17, 15) is 0 Å². The second kappa shape index (κ2) is 12.9. The van der Waals surface area contributed by atoms with Gasteiger partial charge in [-0.2, -0.15) is 5.26 Å². The Kier molecular flexibility index (Phi) is 7.90. The molecule has 0 fully saturated rings. The molecule has 0 spiro atoms. The molecule has 2 aromatic heterocycles. The van der Waals surface area contributed by atoms with Crippen molar-refractivity contribution in [2.45, 2.75) is 6.85 Å². The van der Waals surface area contributed by atoms with E-state index in [1.54, 1.807) is 12.1 Å².